The number of nitrogens with two attached hydrogens (primary N) is 1. The molecular weight excluding hydrogens is 240 g/mol. The topological polar surface area (TPSA) is 73.2 Å². The first-order valence-corrected chi connectivity index (χ1v) is 6.27. The predicted molar refractivity (Wildman–Crippen MR) is 74.9 cm³/mol. The van der Waals surface area contributed by atoms with E-state index in [0.29, 0.717) is 5.69 Å². The highest BCUT2D eigenvalue weighted by Gasteiger charge is 2.07. The van der Waals surface area contributed by atoms with Gasteiger partial charge in [0.05, 0.1) is 11.8 Å². The van der Waals surface area contributed by atoms with Crippen LogP contribution in [0.3, 0.4) is 0 Å². The second-order valence-electron chi connectivity index (χ2n) is 4.37. The van der Waals surface area contributed by atoms with E-state index in [2.05, 4.69) is 20.0 Å². The monoisotopic (exact) mass is 256 g/mol. The quantitative estimate of drug-likeness (QED) is 0.680. The molecule has 6 nitrogen and oxygen atoms in total. The average molecular weight is 256 g/mol. The van der Waals surface area contributed by atoms with Crippen molar-refractivity contribution in [1.29, 1.82) is 0 Å². The van der Waals surface area contributed by atoms with Crippen LogP contribution < -0.4 is 11.1 Å². The van der Waals surface area contributed by atoms with Crippen LogP contribution in [0.4, 0.5) is 11.5 Å². The normalized spacial score (nSPS) is 10.9. The molecule has 0 fully saturated rings. The van der Waals surface area contributed by atoms with E-state index in [1.165, 1.54) is 0 Å². The van der Waals surface area contributed by atoms with Gasteiger partial charge in [0.2, 0.25) is 0 Å². The van der Waals surface area contributed by atoms with Crippen LogP contribution in [-0.4, -0.2) is 25.7 Å². The number of fused-ring (bicyclic) bond motifs is 1. The number of nitrogens with zero attached hydrogens (tertiary/aromatic N) is 4. The lowest BCUT2D eigenvalue weighted by atomic mass is 10.3. The van der Waals surface area contributed by atoms with Gasteiger partial charge in [-0.25, -0.2) is 9.50 Å². The van der Waals surface area contributed by atoms with E-state index in [1.807, 2.05) is 36.9 Å². The second-order valence-corrected chi connectivity index (χ2v) is 4.37. The third kappa shape index (κ3) is 2.37. The summed E-state index contributed by atoms with van der Waals surface area (Å²) in [5.74, 6) is 0.747. The van der Waals surface area contributed by atoms with Gasteiger partial charge in [0.1, 0.15) is 5.69 Å². The molecule has 3 N–H and O–H groups in total. The van der Waals surface area contributed by atoms with Crippen LogP contribution in [0.1, 0.15) is 6.42 Å². The fourth-order valence-corrected chi connectivity index (χ4v) is 2.04. The van der Waals surface area contributed by atoms with Crippen LogP contribution in [-0.2, 0) is 6.54 Å². The molecule has 0 atom stereocenters. The zero-order chi connectivity index (χ0) is 13.1. The molecular formula is C13H16N6. The maximum absolute atomic E-state index is 6.05. The molecule has 0 radical (unpaired) electrons. The summed E-state index contributed by atoms with van der Waals surface area (Å²) in [6.07, 6.45) is 8.44. The van der Waals surface area contributed by atoms with Crippen LogP contribution in [0, 0.1) is 0 Å². The fraction of sp³-hybridized carbons (Fsp3) is 0.231. The summed E-state index contributed by atoms with van der Waals surface area (Å²) in [6, 6.07) is 5.84. The molecule has 3 rings (SSSR count). The first-order valence-electron chi connectivity index (χ1n) is 6.27. The van der Waals surface area contributed by atoms with Gasteiger partial charge < -0.3 is 15.6 Å². The van der Waals surface area contributed by atoms with Crippen molar-refractivity contribution in [3.8, 4) is 0 Å². The first-order chi connectivity index (χ1) is 9.34. The van der Waals surface area contributed by atoms with Crippen LogP contribution >= 0.6 is 0 Å². The van der Waals surface area contributed by atoms with Crippen LogP contribution in [0.25, 0.3) is 5.52 Å². The molecule has 0 aliphatic rings. The summed E-state index contributed by atoms with van der Waals surface area (Å²) in [7, 11) is 0. The van der Waals surface area contributed by atoms with Crippen molar-refractivity contribution in [2.75, 3.05) is 17.6 Å². The van der Waals surface area contributed by atoms with Crippen molar-refractivity contribution in [1.82, 2.24) is 19.2 Å². The Kier molecular flexibility index (Phi) is 3.06. The van der Waals surface area contributed by atoms with E-state index in [-0.39, 0.29) is 0 Å². The number of anilines is 2. The van der Waals surface area contributed by atoms with Gasteiger partial charge in [-0.15, -0.1) is 5.10 Å². The van der Waals surface area contributed by atoms with Gasteiger partial charge in [0.25, 0.3) is 0 Å². The second kappa shape index (κ2) is 5.01. The Morgan fingerprint density at radius 1 is 1.26 bits per heavy atom. The van der Waals surface area contributed by atoms with Crippen LogP contribution in [0.2, 0.25) is 0 Å². The molecule has 0 spiro atoms. The number of hydrogen-bond donors (Lipinski definition) is 2. The number of imidazole rings is 1. The molecule has 0 aromatic carbocycles. The van der Waals surface area contributed by atoms with E-state index in [1.54, 1.807) is 10.7 Å². The molecule has 6 heteroatoms. The molecule has 0 saturated carbocycles. The maximum atomic E-state index is 6.05. The number of rotatable bonds is 5. The summed E-state index contributed by atoms with van der Waals surface area (Å²) in [5.41, 5.74) is 7.68. The Bertz CT molecular complexity index is 655. The third-order valence-electron chi connectivity index (χ3n) is 3.02. The number of pyridine rings is 1. The minimum Gasteiger partial charge on any atom is -0.394 e. The van der Waals surface area contributed by atoms with Crippen molar-refractivity contribution in [2.45, 2.75) is 13.0 Å². The number of hydrogen-bond acceptors (Lipinski definition) is 4. The first kappa shape index (κ1) is 11.6. The molecule has 0 aliphatic carbocycles. The molecule has 0 saturated heterocycles. The van der Waals surface area contributed by atoms with E-state index in [4.69, 9.17) is 5.73 Å². The lowest BCUT2D eigenvalue weighted by Crippen LogP contribution is -2.07. The summed E-state index contributed by atoms with van der Waals surface area (Å²) in [4.78, 5) is 4.01. The summed E-state index contributed by atoms with van der Waals surface area (Å²) >= 11 is 0. The van der Waals surface area contributed by atoms with E-state index >= 15 is 0 Å². The molecule has 3 aromatic rings. The summed E-state index contributed by atoms with van der Waals surface area (Å²) < 4.78 is 3.84. The fourth-order valence-electron chi connectivity index (χ4n) is 2.04. The highest BCUT2D eigenvalue weighted by molar-refractivity contribution is 5.80. The van der Waals surface area contributed by atoms with Gasteiger partial charge in [-0.2, -0.15) is 0 Å². The van der Waals surface area contributed by atoms with Crippen molar-refractivity contribution >= 4 is 17.0 Å². The van der Waals surface area contributed by atoms with Gasteiger partial charge in [-0.1, -0.05) is 6.07 Å². The van der Waals surface area contributed by atoms with Crippen molar-refractivity contribution in [3.05, 3.63) is 43.1 Å². The molecule has 0 unspecified atom stereocenters. The van der Waals surface area contributed by atoms with Crippen molar-refractivity contribution < 1.29 is 0 Å². The zero-order valence-corrected chi connectivity index (χ0v) is 10.5. The van der Waals surface area contributed by atoms with E-state index in [9.17, 15) is 0 Å². The Morgan fingerprint density at radius 3 is 3.00 bits per heavy atom. The summed E-state index contributed by atoms with van der Waals surface area (Å²) in [5, 5.41) is 7.68. The largest absolute Gasteiger partial charge is 0.394 e. The molecule has 0 bridgehead atoms. The Balaban J connectivity index is 1.61. The smallest absolute Gasteiger partial charge is 0.172 e. The minimum absolute atomic E-state index is 0.697. The number of aromatic nitrogens is 4. The highest BCUT2D eigenvalue weighted by atomic mass is 15.3. The van der Waals surface area contributed by atoms with Gasteiger partial charge in [-0.3, -0.25) is 0 Å². The molecule has 0 aliphatic heterocycles. The molecule has 0 amide bonds. The van der Waals surface area contributed by atoms with Gasteiger partial charge >= 0.3 is 0 Å². The lowest BCUT2D eigenvalue weighted by Gasteiger charge is -2.04. The predicted octanol–water partition coefficient (Wildman–Crippen LogP) is 1.62. The lowest BCUT2D eigenvalue weighted by molar-refractivity contribution is 0.660. The molecule has 98 valence electrons. The maximum Gasteiger partial charge on any atom is 0.172 e. The standard InChI is InChI=1S/C13H16N6/c14-12-11-4-1-2-8-19(11)17-13(12)16-5-3-7-18-9-6-15-10-18/h1-2,4,6,8-10H,3,5,7,14H2,(H,16,17). The van der Waals surface area contributed by atoms with Gasteiger partial charge in [0.15, 0.2) is 5.82 Å². The highest BCUT2D eigenvalue weighted by Crippen LogP contribution is 2.22. The van der Waals surface area contributed by atoms with Gasteiger partial charge in [-0.05, 0) is 18.6 Å². The summed E-state index contributed by atoms with van der Waals surface area (Å²) in [6.45, 7) is 1.76. The molecule has 3 heterocycles. The van der Waals surface area contributed by atoms with Crippen LogP contribution in [0.5, 0.6) is 0 Å². The van der Waals surface area contributed by atoms with Crippen molar-refractivity contribution in [2.24, 2.45) is 0 Å². The van der Waals surface area contributed by atoms with Crippen molar-refractivity contribution in [3.63, 3.8) is 0 Å². The number of nitrogen functional groups attached to an aromatic ring is 1. The molecule has 3 aromatic heterocycles. The van der Waals surface area contributed by atoms with Gasteiger partial charge in [0, 0.05) is 31.7 Å². The average Bonchev–Trinajstić information content (AvgIpc) is 3.04. The third-order valence-corrected chi connectivity index (χ3v) is 3.02. The van der Waals surface area contributed by atoms with E-state index in [0.717, 1.165) is 30.8 Å². The molecule has 19 heavy (non-hydrogen) atoms. The minimum atomic E-state index is 0.697. The zero-order valence-electron chi connectivity index (χ0n) is 10.5. The Morgan fingerprint density at radius 2 is 2.21 bits per heavy atom. The SMILES string of the molecule is Nc1c(NCCCn2ccnc2)nn2ccccc12. The Hall–Kier alpha value is -2.50. The number of nitrogens with one attached hydrogen (secondary N) is 1. The Labute approximate surface area is 110 Å². The van der Waals surface area contributed by atoms with Crippen LogP contribution in [0.15, 0.2) is 43.1 Å². The van der Waals surface area contributed by atoms with E-state index < -0.39 is 0 Å². The number of aryl methyl sites for hydroxylation is 1.